The summed E-state index contributed by atoms with van der Waals surface area (Å²) in [5.74, 6) is 0.0225. The van der Waals surface area contributed by atoms with Crippen LogP contribution in [0.25, 0.3) is 11.1 Å². The number of esters is 1. The molecule has 2 aliphatic heterocycles. The van der Waals surface area contributed by atoms with E-state index >= 15 is 0 Å². The summed E-state index contributed by atoms with van der Waals surface area (Å²) in [5, 5.41) is 10.3. The molecule has 2 aromatic heterocycles. The van der Waals surface area contributed by atoms with Gasteiger partial charge in [0.2, 0.25) is 0 Å². The minimum absolute atomic E-state index is 0.0101. The lowest BCUT2D eigenvalue weighted by atomic mass is 9.88. The third-order valence-corrected chi connectivity index (χ3v) is 7.57. The van der Waals surface area contributed by atoms with Gasteiger partial charge < -0.3 is 14.4 Å². The summed E-state index contributed by atoms with van der Waals surface area (Å²) in [6, 6.07) is 7.08. The number of carbonyl (C=O) groups excluding carboxylic acids is 1. The number of carbonyl (C=O) groups is 1. The zero-order chi connectivity index (χ0) is 21.5. The van der Waals surface area contributed by atoms with Gasteiger partial charge in [-0.1, -0.05) is 12.8 Å². The average Bonchev–Trinajstić information content (AvgIpc) is 3.50. The van der Waals surface area contributed by atoms with E-state index in [0.717, 1.165) is 17.8 Å². The Morgan fingerprint density at radius 1 is 1.19 bits per heavy atom. The lowest BCUT2D eigenvalue weighted by molar-refractivity contribution is -0.148. The van der Waals surface area contributed by atoms with Crippen molar-refractivity contribution >= 4 is 5.97 Å². The Balaban J connectivity index is 1.56. The van der Waals surface area contributed by atoms with Crippen molar-refractivity contribution in [3.63, 3.8) is 0 Å². The summed E-state index contributed by atoms with van der Waals surface area (Å²) in [6.45, 7) is 1.22. The molecule has 1 saturated heterocycles. The van der Waals surface area contributed by atoms with Crippen LogP contribution in [-0.4, -0.2) is 51.8 Å². The second kappa shape index (κ2) is 8.20. The third-order valence-electron chi connectivity index (χ3n) is 7.57. The Labute approximate surface area is 181 Å². The number of aliphatic hydroxyl groups is 1. The van der Waals surface area contributed by atoms with Gasteiger partial charge >= 0.3 is 5.97 Å². The lowest BCUT2D eigenvalue weighted by Crippen LogP contribution is -2.45. The highest BCUT2D eigenvalue weighted by atomic mass is 16.5. The summed E-state index contributed by atoms with van der Waals surface area (Å²) in [6.07, 6.45) is 8.16. The van der Waals surface area contributed by atoms with Gasteiger partial charge in [0.1, 0.15) is 6.04 Å². The third kappa shape index (κ3) is 3.31. The normalized spacial score (nSPS) is 27.9. The Morgan fingerprint density at radius 2 is 1.94 bits per heavy atom. The van der Waals surface area contributed by atoms with Gasteiger partial charge in [0.25, 0.3) is 5.56 Å². The number of fused-ring (bicyclic) bond motifs is 3. The second-order valence-corrected chi connectivity index (χ2v) is 9.09. The van der Waals surface area contributed by atoms with E-state index in [0.29, 0.717) is 18.0 Å². The fourth-order valence-corrected chi connectivity index (χ4v) is 6.14. The van der Waals surface area contributed by atoms with E-state index in [-0.39, 0.29) is 36.0 Å². The molecule has 7 nitrogen and oxygen atoms in total. The largest absolute Gasteiger partial charge is 0.468 e. The molecule has 1 N–H and O–H groups in total. The van der Waals surface area contributed by atoms with E-state index < -0.39 is 6.04 Å². The van der Waals surface area contributed by atoms with Crippen molar-refractivity contribution in [1.29, 1.82) is 0 Å². The van der Waals surface area contributed by atoms with Crippen molar-refractivity contribution in [3.8, 4) is 11.1 Å². The van der Waals surface area contributed by atoms with Gasteiger partial charge in [-0.25, -0.2) is 0 Å². The quantitative estimate of drug-likeness (QED) is 0.743. The Bertz CT molecular complexity index is 1020. The number of rotatable bonds is 5. The van der Waals surface area contributed by atoms with E-state index in [2.05, 4.69) is 9.88 Å². The molecule has 0 radical (unpaired) electrons. The zero-order valence-electron chi connectivity index (χ0n) is 17.8. The maximum absolute atomic E-state index is 13.4. The van der Waals surface area contributed by atoms with Crippen LogP contribution in [-0.2, 0) is 16.1 Å². The summed E-state index contributed by atoms with van der Waals surface area (Å²) in [7, 11) is 1.41. The number of pyridine rings is 2. The molecule has 3 aliphatic rings. The molecule has 2 fully saturated rings. The van der Waals surface area contributed by atoms with Gasteiger partial charge in [-0.15, -0.1) is 0 Å². The monoisotopic (exact) mass is 423 g/mol. The molecular formula is C24H29N3O4. The molecule has 1 saturated carbocycles. The molecule has 0 bridgehead atoms. The summed E-state index contributed by atoms with van der Waals surface area (Å²) in [4.78, 5) is 32.4. The first-order chi connectivity index (χ1) is 15.1. The predicted molar refractivity (Wildman–Crippen MR) is 115 cm³/mol. The molecule has 164 valence electrons. The average molecular weight is 424 g/mol. The van der Waals surface area contributed by atoms with E-state index in [1.165, 1.54) is 32.8 Å². The Hall–Kier alpha value is -2.51. The predicted octanol–water partition coefficient (Wildman–Crippen LogP) is 2.24. The van der Waals surface area contributed by atoms with Crippen LogP contribution in [0.15, 0.2) is 41.5 Å². The highest BCUT2D eigenvalue weighted by Gasteiger charge is 2.56. The first-order valence-electron chi connectivity index (χ1n) is 11.2. The molecule has 7 heteroatoms. The van der Waals surface area contributed by atoms with E-state index in [4.69, 9.17) is 4.74 Å². The van der Waals surface area contributed by atoms with Crippen LogP contribution in [0.5, 0.6) is 0 Å². The molecule has 4 heterocycles. The number of methoxy groups -OCH3 is 1. The van der Waals surface area contributed by atoms with Crippen molar-refractivity contribution in [2.75, 3.05) is 20.3 Å². The highest BCUT2D eigenvalue weighted by molar-refractivity contribution is 5.77. The standard InChI is InChI=1S/C24H29N3O4/c1-31-24(30)22-19(14-28)18-13-26-20(21(18)27(22)12-15-4-2-3-5-15)7-6-17(23(26)29)16-8-10-25-11-9-16/h6-11,15,18-19,21-22,28H,2-5,12-14H2,1H3/t18-,19-,21+,22-/m1/s1. The first kappa shape index (κ1) is 20.4. The fraction of sp³-hybridized carbons (Fsp3) is 0.542. The van der Waals surface area contributed by atoms with Crippen LogP contribution in [0.2, 0.25) is 0 Å². The van der Waals surface area contributed by atoms with Crippen LogP contribution < -0.4 is 5.56 Å². The number of likely N-dealkylation sites (tertiary alicyclic amines) is 1. The SMILES string of the molecule is COC(=O)[C@H]1[C@H](CO)[C@H]2Cn3c(ccc(-c4ccncc4)c3=O)[C@H]2N1CC1CCCC1. The topological polar surface area (TPSA) is 84.7 Å². The molecule has 0 spiro atoms. The number of ether oxygens (including phenoxy) is 1. The maximum atomic E-state index is 13.4. The van der Waals surface area contributed by atoms with Crippen molar-refractivity contribution in [3.05, 3.63) is 52.7 Å². The zero-order valence-corrected chi connectivity index (χ0v) is 17.8. The molecule has 0 amide bonds. The number of aliphatic hydroxyl groups excluding tert-OH is 1. The van der Waals surface area contributed by atoms with Gasteiger partial charge in [-0.3, -0.25) is 19.5 Å². The van der Waals surface area contributed by atoms with Gasteiger partial charge in [0, 0.05) is 55.2 Å². The highest BCUT2D eigenvalue weighted by Crippen LogP contribution is 2.50. The van der Waals surface area contributed by atoms with Crippen molar-refractivity contribution in [2.24, 2.45) is 17.8 Å². The van der Waals surface area contributed by atoms with Crippen LogP contribution in [0.3, 0.4) is 0 Å². The molecule has 31 heavy (non-hydrogen) atoms. The number of hydrogen-bond acceptors (Lipinski definition) is 6. The summed E-state index contributed by atoms with van der Waals surface area (Å²) >= 11 is 0. The minimum Gasteiger partial charge on any atom is -0.468 e. The van der Waals surface area contributed by atoms with Gasteiger partial charge in [-0.05, 0) is 48.6 Å². The molecule has 0 aromatic carbocycles. The molecule has 2 aromatic rings. The van der Waals surface area contributed by atoms with Crippen LogP contribution in [0, 0.1) is 17.8 Å². The fourth-order valence-electron chi connectivity index (χ4n) is 6.14. The van der Waals surface area contributed by atoms with Crippen molar-refractivity contribution < 1.29 is 14.6 Å². The van der Waals surface area contributed by atoms with Gasteiger partial charge in [-0.2, -0.15) is 0 Å². The van der Waals surface area contributed by atoms with E-state index in [9.17, 15) is 14.7 Å². The molecule has 5 rings (SSSR count). The van der Waals surface area contributed by atoms with Gasteiger partial charge in [0.05, 0.1) is 13.2 Å². The number of hydrogen-bond donors (Lipinski definition) is 1. The van der Waals surface area contributed by atoms with Crippen molar-refractivity contribution in [2.45, 2.75) is 44.3 Å². The van der Waals surface area contributed by atoms with Crippen molar-refractivity contribution in [1.82, 2.24) is 14.5 Å². The van der Waals surface area contributed by atoms with Crippen LogP contribution in [0.4, 0.5) is 0 Å². The van der Waals surface area contributed by atoms with E-state index in [1.807, 2.05) is 28.8 Å². The van der Waals surface area contributed by atoms with Gasteiger partial charge in [0.15, 0.2) is 0 Å². The minimum atomic E-state index is -0.464. The Morgan fingerprint density at radius 3 is 2.61 bits per heavy atom. The Kier molecular flexibility index (Phi) is 5.40. The molecular weight excluding hydrogens is 394 g/mol. The first-order valence-corrected chi connectivity index (χ1v) is 11.2. The lowest BCUT2D eigenvalue weighted by Gasteiger charge is -2.32. The molecule has 1 aliphatic carbocycles. The maximum Gasteiger partial charge on any atom is 0.323 e. The number of nitrogens with zero attached hydrogens (tertiary/aromatic N) is 3. The molecule has 0 unspecified atom stereocenters. The summed E-state index contributed by atoms with van der Waals surface area (Å²) in [5.41, 5.74) is 2.42. The van der Waals surface area contributed by atoms with Crippen LogP contribution >= 0.6 is 0 Å². The second-order valence-electron chi connectivity index (χ2n) is 9.09. The number of aromatic nitrogens is 2. The summed E-state index contributed by atoms with van der Waals surface area (Å²) < 4.78 is 7.00. The smallest absolute Gasteiger partial charge is 0.323 e. The molecule has 4 atom stereocenters. The van der Waals surface area contributed by atoms with Crippen LogP contribution in [0.1, 0.15) is 37.4 Å². The van der Waals surface area contributed by atoms with E-state index in [1.54, 1.807) is 12.4 Å².